The highest BCUT2D eigenvalue weighted by Gasteiger charge is 2.22. The molecule has 1 fully saturated rings. The molecule has 0 aliphatic carbocycles. The molecule has 1 atom stereocenters. The zero-order chi connectivity index (χ0) is 11.0. The minimum Gasteiger partial charge on any atom is -0.493 e. The molecule has 1 saturated heterocycles. The van der Waals surface area contributed by atoms with Gasteiger partial charge in [-0.1, -0.05) is 0 Å². The average Bonchev–Trinajstić information content (AvgIpc) is 2.96. The van der Waals surface area contributed by atoms with Crippen LogP contribution in [0.25, 0.3) is 5.65 Å². The van der Waals surface area contributed by atoms with E-state index >= 15 is 0 Å². The second kappa shape index (κ2) is 3.97. The molecule has 1 aliphatic heterocycles. The van der Waals surface area contributed by atoms with E-state index in [1.54, 1.807) is 11.6 Å². The summed E-state index contributed by atoms with van der Waals surface area (Å²) in [4.78, 5) is 4.58. The molecule has 0 amide bonds. The molecule has 0 spiro atoms. The standard InChI is InChI=1S/C11H13N3OS/c1-15-9-3-2-5-14-11(9)12-10(13-14)8-4-6-16-7-8/h2-3,5,8H,4,6-7H2,1H3. The first-order chi connectivity index (χ1) is 7.88. The van der Waals surface area contributed by atoms with Crippen molar-refractivity contribution in [1.82, 2.24) is 14.6 Å². The van der Waals surface area contributed by atoms with Crippen LogP contribution in [-0.2, 0) is 0 Å². The van der Waals surface area contributed by atoms with E-state index in [9.17, 15) is 0 Å². The van der Waals surface area contributed by atoms with Crippen LogP contribution in [-0.4, -0.2) is 33.2 Å². The first kappa shape index (κ1) is 9.96. The molecule has 0 aromatic carbocycles. The van der Waals surface area contributed by atoms with Crippen molar-refractivity contribution in [3.8, 4) is 5.75 Å². The van der Waals surface area contributed by atoms with Crippen LogP contribution in [0.2, 0.25) is 0 Å². The zero-order valence-corrected chi connectivity index (χ0v) is 9.91. The maximum absolute atomic E-state index is 5.27. The predicted molar refractivity (Wildman–Crippen MR) is 64.2 cm³/mol. The fourth-order valence-electron chi connectivity index (χ4n) is 1.97. The molecular formula is C11H13N3OS. The van der Waals surface area contributed by atoms with Crippen LogP contribution in [0.5, 0.6) is 5.75 Å². The number of thioether (sulfide) groups is 1. The third-order valence-corrected chi connectivity index (χ3v) is 4.02. The number of methoxy groups -OCH3 is 1. The van der Waals surface area contributed by atoms with Gasteiger partial charge < -0.3 is 4.74 Å². The Hall–Kier alpha value is -1.23. The Morgan fingerprint density at radius 2 is 2.50 bits per heavy atom. The lowest BCUT2D eigenvalue weighted by Gasteiger charge is -1.99. The van der Waals surface area contributed by atoms with Gasteiger partial charge in [-0.25, -0.2) is 9.50 Å². The molecule has 0 radical (unpaired) electrons. The van der Waals surface area contributed by atoms with Crippen molar-refractivity contribution in [1.29, 1.82) is 0 Å². The first-order valence-electron chi connectivity index (χ1n) is 5.35. The van der Waals surface area contributed by atoms with Gasteiger partial charge in [-0.05, 0) is 24.3 Å². The van der Waals surface area contributed by atoms with Gasteiger partial charge in [0.1, 0.15) is 0 Å². The van der Waals surface area contributed by atoms with E-state index in [-0.39, 0.29) is 0 Å². The molecule has 0 saturated carbocycles. The van der Waals surface area contributed by atoms with E-state index in [1.165, 1.54) is 12.2 Å². The second-order valence-electron chi connectivity index (χ2n) is 3.88. The topological polar surface area (TPSA) is 39.4 Å². The van der Waals surface area contributed by atoms with Crippen molar-refractivity contribution in [2.45, 2.75) is 12.3 Å². The molecular weight excluding hydrogens is 222 g/mol. The maximum Gasteiger partial charge on any atom is 0.198 e. The largest absolute Gasteiger partial charge is 0.493 e. The van der Waals surface area contributed by atoms with Gasteiger partial charge in [0.15, 0.2) is 17.2 Å². The monoisotopic (exact) mass is 235 g/mol. The van der Waals surface area contributed by atoms with Crippen LogP contribution in [0.3, 0.4) is 0 Å². The molecule has 3 heterocycles. The number of fused-ring (bicyclic) bond motifs is 1. The number of aromatic nitrogens is 3. The van der Waals surface area contributed by atoms with Crippen LogP contribution in [0.1, 0.15) is 18.2 Å². The third-order valence-electron chi connectivity index (χ3n) is 2.86. The zero-order valence-electron chi connectivity index (χ0n) is 9.09. The molecule has 1 unspecified atom stereocenters. The summed E-state index contributed by atoms with van der Waals surface area (Å²) in [5.74, 6) is 4.60. The lowest BCUT2D eigenvalue weighted by Crippen LogP contribution is -1.99. The molecule has 2 aromatic heterocycles. The molecule has 1 aliphatic rings. The highest BCUT2D eigenvalue weighted by Crippen LogP contribution is 2.31. The van der Waals surface area contributed by atoms with Crippen molar-refractivity contribution in [2.75, 3.05) is 18.6 Å². The second-order valence-corrected chi connectivity index (χ2v) is 5.03. The first-order valence-corrected chi connectivity index (χ1v) is 6.51. The molecule has 0 N–H and O–H groups in total. The van der Waals surface area contributed by atoms with Gasteiger partial charge in [0.05, 0.1) is 7.11 Å². The third kappa shape index (κ3) is 1.55. The van der Waals surface area contributed by atoms with Gasteiger partial charge in [-0.15, -0.1) is 0 Å². The molecule has 16 heavy (non-hydrogen) atoms. The van der Waals surface area contributed by atoms with E-state index in [1.807, 2.05) is 30.1 Å². The summed E-state index contributed by atoms with van der Waals surface area (Å²) in [6.45, 7) is 0. The summed E-state index contributed by atoms with van der Waals surface area (Å²) in [5, 5.41) is 4.52. The molecule has 2 aromatic rings. The van der Waals surface area contributed by atoms with Crippen molar-refractivity contribution in [3.05, 3.63) is 24.2 Å². The molecule has 5 heteroatoms. The van der Waals surface area contributed by atoms with Gasteiger partial charge in [0.2, 0.25) is 0 Å². The van der Waals surface area contributed by atoms with Crippen molar-refractivity contribution in [3.63, 3.8) is 0 Å². The lowest BCUT2D eigenvalue weighted by atomic mass is 10.1. The molecule has 3 rings (SSSR count). The summed E-state index contributed by atoms with van der Waals surface area (Å²) in [6.07, 6.45) is 3.10. The van der Waals surface area contributed by atoms with Crippen LogP contribution in [0.15, 0.2) is 18.3 Å². The highest BCUT2D eigenvalue weighted by molar-refractivity contribution is 7.99. The number of pyridine rings is 1. The average molecular weight is 235 g/mol. The van der Waals surface area contributed by atoms with Gasteiger partial charge in [0.25, 0.3) is 0 Å². The summed E-state index contributed by atoms with van der Waals surface area (Å²) in [6, 6.07) is 3.84. The minimum absolute atomic E-state index is 0.509. The SMILES string of the molecule is COc1cccn2nc(C3CCSC3)nc12. The van der Waals surface area contributed by atoms with E-state index in [0.29, 0.717) is 5.92 Å². The summed E-state index contributed by atoms with van der Waals surface area (Å²) < 4.78 is 7.08. The molecule has 0 bridgehead atoms. The van der Waals surface area contributed by atoms with E-state index in [2.05, 4.69) is 10.1 Å². The van der Waals surface area contributed by atoms with Crippen LogP contribution in [0, 0.1) is 0 Å². The normalized spacial score (nSPS) is 20.4. The van der Waals surface area contributed by atoms with Crippen molar-refractivity contribution < 1.29 is 4.74 Å². The molecule has 84 valence electrons. The van der Waals surface area contributed by atoms with Crippen molar-refractivity contribution >= 4 is 17.4 Å². The fourth-order valence-corrected chi connectivity index (χ4v) is 3.19. The number of hydrogen-bond donors (Lipinski definition) is 0. The summed E-state index contributed by atoms with van der Waals surface area (Å²) >= 11 is 1.98. The van der Waals surface area contributed by atoms with Crippen LogP contribution in [0.4, 0.5) is 0 Å². The fraction of sp³-hybridized carbons (Fsp3) is 0.455. The summed E-state index contributed by atoms with van der Waals surface area (Å²) in [7, 11) is 1.66. The Balaban J connectivity index is 2.07. The number of hydrogen-bond acceptors (Lipinski definition) is 4. The highest BCUT2D eigenvalue weighted by atomic mass is 32.2. The van der Waals surface area contributed by atoms with E-state index in [4.69, 9.17) is 4.74 Å². The van der Waals surface area contributed by atoms with Crippen molar-refractivity contribution in [2.24, 2.45) is 0 Å². The van der Waals surface area contributed by atoms with Gasteiger partial charge in [0, 0.05) is 17.9 Å². The van der Waals surface area contributed by atoms with Gasteiger partial charge in [-0.3, -0.25) is 0 Å². The quantitative estimate of drug-likeness (QED) is 0.797. The Bertz CT molecular complexity index is 505. The van der Waals surface area contributed by atoms with Crippen LogP contribution >= 0.6 is 11.8 Å². The Kier molecular flexibility index (Phi) is 2.47. The Morgan fingerprint density at radius 3 is 3.25 bits per heavy atom. The Morgan fingerprint density at radius 1 is 1.56 bits per heavy atom. The maximum atomic E-state index is 5.27. The minimum atomic E-state index is 0.509. The number of ether oxygens (including phenoxy) is 1. The van der Waals surface area contributed by atoms with Crippen LogP contribution < -0.4 is 4.74 Å². The predicted octanol–water partition coefficient (Wildman–Crippen LogP) is 1.96. The van der Waals surface area contributed by atoms with E-state index in [0.717, 1.165) is 23.0 Å². The number of nitrogens with zero attached hydrogens (tertiary/aromatic N) is 3. The smallest absolute Gasteiger partial charge is 0.198 e. The van der Waals surface area contributed by atoms with E-state index < -0.39 is 0 Å². The van der Waals surface area contributed by atoms with Gasteiger partial charge in [-0.2, -0.15) is 16.9 Å². The summed E-state index contributed by atoms with van der Waals surface area (Å²) in [5.41, 5.74) is 0.817. The molecule has 4 nitrogen and oxygen atoms in total. The lowest BCUT2D eigenvalue weighted by molar-refractivity contribution is 0.416. The van der Waals surface area contributed by atoms with Gasteiger partial charge >= 0.3 is 0 Å². The number of rotatable bonds is 2. The Labute approximate surface area is 98.0 Å².